The van der Waals surface area contributed by atoms with Crippen molar-refractivity contribution >= 4 is 63.4 Å². The molecule has 2 aromatic rings. The first-order chi connectivity index (χ1) is 13.5. The molecule has 4 rings (SSSR count). The summed E-state index contributed by atoms with van der Waals surface area (Å²) in [6.07, 6.45) is 3.42. The van der Waals surface area contributed by atoms with E-state index in [1.54, 1.807) is 17.8 Å². The van der Waals surface area contributed by atoms with Gasteiger partial charge in [0.05, 0.1) is 27.1 Å². The van der Waals surface area contributed by atoms with Crippen molar-refractivity contribution in [2.24, 2.45) is 0 Å². The fourth-order valence-electron chi connectivity index (χ4n) is 2.80. The summed E-state index contributed by atoms with van der Waals surface area (Å²) < 4.78 is 10.9. The number of ether oxygens (including phenoxy) is 2. The van der Waals surface area contributed by atoms with Gasteiger partial charge in [0.25, 0.3) is 11.6 Å². The summed E-state index contributed by atoms with van der Waals surface area (Å²) in [7, 11) is 0. The third-order valence-electron chi connectivity index (χ3n) is 4.11. The third kappa shape index (κ3) is 3.34. The Kier molecular flexibility index (Phi) is 5.00. The van der Waals surface area contributed by atoms with Crippen LogP contribution in [0.5, 0.6) is 11.5 Å². The Morgan fingerprint density at radius 1 is 1.29 bits per heavy atom. The van der Waals surface area contributed by atoms with Crippen LogP contribution in [0.1, 0.15) is 5.56 Å². The Bertz CT molecular complexity index is 1050. The van der Waals surface area contributed by atoms with Gasteiger partial charge in [-0.15, -0.1) is 11.8 Å². The van der Waals surface area contributed by atoms with Gasteiger partial charge in [-0.2, -0.15) is 0 Å². The Morgan fingerprint density at radius 3 is 2.75 bits per heavy atom. The lowest BCUT2D eigenvalue weighted by Crippen LogP contribution is -2.27. The Labute approximate surface area is 173 Å². The predicted octanol–water partition coefficient (Wildman–Crippen LogP) is 4.45. The molecule has 0 N–H and O–H groups in total. The Morgan fingerprint density at radius 2 is 2.04 bits per heavy atom. The van der Waals surface area contributed by atoms with Crippen molar-refractivity contribution in [3.05, 3.63) is 57.0 Å². The number of hydrogen-bond acceptors (Lipinski definition) is 8. The zero-order valence-corrected chi connectivity index (χ0v) is 16.9. The molecule has 2 heterocycles. The molecule has 0 spiro atoms. The van der Waals surface area contributed by atoms with Gasteiger partial charge in [-0.05, 0) is 36.6 Å². The lowest BCUT2D eigenvalue weighted by Gasteiger charge is -2.15. The second kappa shape index (κ2) is 7.46. The number of carbonyl (C=O) groups excluding carboxylic acids is 1. The Balaban J connectivity index is 1.73. The molecular weight excluding hydrogens is 420 g/mol. The van der Waals surface area contributed by atoms with Gasteiger partial charge in [0.1, 0.15) is 0 Å². The minimum absolute atomic E-state index is 0.00381. The highest BCUT2D eigenvalue weighted by molar-refractivity contribution is 8.27. The maximum absolute atomic E-state index is 13.0. The smallest absolute Gasteiger partial charge is 0.280 e. The lowest BCUT2D eigenvalue weighted by atomic mass is 10.1. The second-order valence-electron chi connectivity index (χ2n) is 5.74. The number of nitro groups is 1. The predicted molar refractivity (Wildman–Crippen MR) is 113 cm³/mol. The quantitative estimate of drug-likeness (QED) is 0.230. The molecule has 2 aromatic carbocycles. The van der Waals surface area contributed by atoms with Gasteiger partial charge in [0.15, 0.2) is 15.8 Å². The number of carbonyl (C=O) groups is 1. The van der Waals surface area contributed by atoms with Crippen LogP contribution < -0.4 is 14.4 Å². The number of hydrogen-bond donors (Lipinski definition) is 0. The standard InChI is InChI=1S/C18H12N2O5S3/c1-27-12-4-2-3-11(7-12)19-17(21)16(28-18(19)26)6-10-5-14-15(25-9-24-14)8-13(10)20(22)23/h2-8H,9H2,1H3/b16-6-. The summed E-state index contributed by atoms with van der Waals surface area (Å²) in [6.45, 7) is 0.00381. The average Bonchev–Trinajstić information content (AvgIpc) is 3.24. The minimum Gasteiger partial charge on any atom is -0.454 e. The number of nitro benzene ring substituents is 1. The number of rotatable bonds is 4. The molecule has 0 radical (unpaired) electrons. The van der Waals surface area contributed by atoms with E-state index in [1.165, 1.54) is 23.1 Å². The van der Waals surface area contributed by atoms with Crippen LogP contribution in [0.2, 0.25) is 0 Å². The first-order valence-electron chi connectivity index (χ1n) is 7.98. The molecule has 0 aromatic heterocycles. The van der Waals surface area contributed by atoms with Crippen molar-refractivity contribution in [2.75, 3.05) is 17.9 Å². The van der Waals surface area contributed by atoms with Crippen LogP contribution in [0.15, 0.2) is 46.2 Å². The van der Waals surface area contributed by atoms with Crippen LogP contribution in [0.4, 0.5) is 11.4 Å². The van der Waals surface area contributed by atoms with Crippen molar-refractivity contribution in [3.8, 4) is 11.5 Å². The summed E-state index contributed by atoms with van der Waals surface area (Å²) in [5.41, 5.74) is 0.754. The number of amides is 1. The SMILES string of the molecule is CSc1cccc(N2C(=O)/C(=C/c3cc4c(cc3[N+](=O)[O-])OCO4)SC2=S)c1. The van der Waals surface area contributed by atoms with E-state index in [0.29, 0.717) is 26.4 Å². The monoisotopic (exact) mass is 432 g/mol. The van der Waals surface area contributed by atoms with Crippen molar-refractivity contribution < 1.29 is 19.2 Å². The van der Waals surface area contributed by atoms with E-state index >= 15 is 0 Å². The molecule has 142 valence electrons. The van der Waals surface area contributed by atoms with Crippen molar-refractivity contribution in [1.29, 1.82) is 0 Å². The highest BCUT2D eigenvalue weighted by Gasteiger charge is 2.34. The topological polar surface area (TPSA) is 81.9 Å². The fraction of sp³-hybridized carbons (Fsp3) is 0.111. The van der Waals surface area contributed by atoms with E-state index in [4.69, 9.17) is 21.7 Å². The van der Waals surface area contributed by atoms with E-state index in [1.807, 2.05) is 24.5 Å². The second-order valence-corrected chi connectivity index (χ2v) is 8.30. The molecule has 0 saturated carbocycles. The summed E-state index contributed by atoms with van der Waals surface area (Å²) >= 11 is 8.04. The van der Waals surface area contributed by atoms with Gasteiger partial charge in [0, 0.05) is 4.90 Å². The first-order valence-corrected chi connectivity index (χ1v) is 10.4. The molecule has 0 unspecified atom stereocenters. The maximum Gasteiger partial charge on any atom is 0.280 e. The van der Waals surface area contributed by atoms with E-state index in [9.17, 15) is 14.9 Å². The van der Waals surface area contributed by atoms with E-state index in [2.05, 4.69) is 0 Å². The zero-order valence-electron chi connectivity index (χ0n) is 14.4. The van der Waals surface area contributed by atoms with Crippen LogP contribution in [0, 0.1) is 10.1 Å². The molecule has 10 heteroatoms. The zero-order chi connectivity index (χ0) is 19.8. The maximum atomic E-state index is 13.0. The number of benzene rings is 2. The van der Waals surface area contributed by atoms with Crippen LogP contribution in [0.3, 0.4) is 0 Å². The van der Waals surface area contributed by atoms with Gasteiger partial charge in [-0.3, -0.25) is 19.8 Å². The molecule has 1 amide bonds. The van der Waals surface area contributed by atoms with E-state index in [-0.39, 0.29) is 24.0 Å². The van der Waals surface area contributed by atoms with Gasteiger partial charge in [0.2, 0.25) is 6.79 Å². The highest BCUT2D eigenvalue weighted by Crippen LogP contribution is 2.42. The van der Waals surface area contributed by atoms with Crippen LogP contribution >= 0.6 is 35.7 Å². The molecule has 1 saturated heterocycles. The summed E-state index contributed by atoms with van der Waals surface area (Å²) in [5, 5.41) is 11.4. The molecule has 28 heavy (non-hydrogen) atoms. The summed E-state index contributed by atoms with van der Waals surface area (Å²) in [6, 6.07) is 10.3. The number of thiocarbonyl (C=S) groups is 1. The minimum atomic E-state index is -0.517. The molecule has 0 atom stereocenters. The largest absolute Gasteiger partial charge is 0.454 e. The number of nitrogens with zero attached hydrogens (tertiary/aromatic N) is 2. The van der Waals surface area contributed by atoms with Crippen LogP contribution in [-0.4, -0.2) is 28.2 Å². The van der Waals surface area contributed by atoms with Gasteiger partial charge >= 0.3 is 0 Å². The first kappa shape index (κ1) is 18.8. The molecular formula is C18H12N2O5S3. The molecule has 1 fully saturated rings. The number of thioether (sulfide) groups is 2. The van der Waals surface area contributed by atoms with Crippen LogP contribution in [0.25, 0.3) is 6.08 Å². The van der Waals surface area contributed by atoms with Crippen molar-refractivity contribution in [1.82, 2.24) is 0 Å². The summed E-state index contributed by atoms with van der Waals surface area (Å²) in [5.74, 6) is 0.394. The van der Waals surface area contributed by atoms with E-state index in [0.717, 1.165) is 16.7 Å². The third-order valence-corrected chi connectivity index (χ3v) is 6.14. The van der Waals surface area contributed by atoms with Crippen molar-refractivity contribution in [3.63, 3.8) is 0 Å². The number of anilines is 1. The van der Waals surface area contributed by atoms with Gasteiger partial charge in [-0.25, -0.2) is 0 Å². The van der Waals surface area contributed by atoms with Gasteiger partial charge < -0.3 is 9.47 Å². The molecule has 0 aliphatic carbocycles. The van der Waals surface area contributed by atoms with Gasteiger partial charge in [-0.1, -0.05) is 30.0 Å². The number of fused-ring (bicyclic) bond motifs is 1. The molecule has 7 nitrogen and oxygen atoms in total. The van der Waals surface area contributed by atoms with E-state index < -0.39 is 4.92 Å². The normalized spacial score (nSPS) is 16.9. The summed E-state index contributed by atoms with van der Waals surface area (Å²) in [4.78, 5) is 26.6. The lowest BCUT2D eigenvalue weighted by molar-refractivity contribution is -0.385. The van der Waals surface area contributed by atoms with Crippen LogP contribution in [-0.2, 0) is 4.79 Å². The molecule has 2 aliphatic rings. The molecule has 0 bridgehead atoms. The highest BCUT2D eigenvalue weighted by atomic mass is 32.2. The molecule has 2 aliphatic heterocycles. The average molecular weight is 433 g/mol. The fourth-order valence-corrected chi connectivity index (χ4v) is 4.54. The van der Waals surface area contributed by atoms with Crippen molar-refractivity contribution in [2.45, 2.75) is 4.90 Å². The Hall–Kier alpha value is -2.56.